The minimum absolute atomic E-state index is 0.110. The Hall–Kier alpha value is -1.39. The lowest BCUT2D eigenvalue weighted by Crippen LogP contribution is -2.17. The van der Waals surface area contributed by atoms with Gasteiger partial charge in [0.25, 0.3) is 0 Å². The van der Waals surface area contributed by atoms with Gasteiger partial charge in [-0.1, -0.05) is 19.8 Å². The highest BCUT2D eigenvalue weighted by Gasteiger charge is 2.36. The van der Waals surface area contributed by atoms with Gasteiger partial charge < -0.3 is 9.52 Å². The topological polar surface area (TPSA) is 76.2 Å². The normalized spacial score (nSPS) is 19.8. The lowest BCUT2D eigenvalue weighted by atomic mass is 9.89. The summed E-state index contributed by atoms with van der Waals surface area (Å²) >= 11 is 0. The molecule has 0 saturated heterocycles. The summed E-state index contributed by atoms with van der Waals surface area (Å²) in [5.41, 5.74) is -0.110. The smallest absolute Gasteiger partial charge is 0.393 e. The molecule has 0 atom stereocenters. The second kappa shape index (κ2) is 3.08. The average molecular weight is 196 g/mol. The van der Waals surface area contributed by atoms with Crippen molar-refractivity contribution >= 4 is 5.97 Å². The van der Waals surface area contributed by atoms with Crippen molar-refractivity contribution in [2.24, 2.45) is 0 Å². The third kappa shape index (κ3) is 1.38. The molecule has 0 aromatic carbocycles. The van der Waals surface area contributed by atoms with Crippen molar-refractivity contribution < 1.29 is 14.3 Å². The number of carboxylic acid groups (broad SMARTS) is 1. The van der Waals surface area contributed by atoms with Gasteiger partial charge in [-0.25, -0.2) is 4.79 Å². The summed E-state index contributed by atoms with van der Waals surface area (Å²) in [5, 5.41) is 15.9. The molecule has 0 aliphatic heterocycles. The van der Waals surface area contributed by atoms with E-state index in [0.717, 1.165) is 25.7 Å². The van der Waals surface area contributed by atoms with Gasteiger partial charge in [0.05, 0.1) is 0 Å². The van der Waals surface area contributed by atoms with Crippen LogP contribution in [0.15, 0.2) is 4.42 Å². The molecule has 0 unspecified atom stereocenters. The Labute approximate surface area is 81.1 Å². The van der Waals surface area contributed by atoms with E-state index in [0.29, 0.717) is 5.89 Å². The van der Waals surface area contributed by atoms with Gasteiger partial charge in [0.2, 0.25) is 5.89 Å². The Morgan fingerprint density at radius 1 is 1.43 bits per heavy atom. The van der Waals surface area contributed by atoms with Crippen molar-refractivity contribution in [1.29, 1.82) is 0 Å². The molecule has 2 rings (SSSR count). The SMILES string of the molecule is CC1(c2nnc(C(=O)O)o2)CCCC1. The van der Waals surface area contributed by atoms with Gasteiger partial charge >= 0.3 is 11.9 Å². The summed E-state index contributed by atoms with van der Waals surface area (Å²) in [6.07, 6.45) is 4.27. The number of carbonyl (C=O) groups is 1. The van der Waals surface area contributed by atoms with E-state index in [1.165, 1.54) is 0 Å². The van der Waals surface area contributed by atoms with Gasteiger partial charge in [-0.3, -0.25) is 0 Å². The molecule has 1 aliphatic rings. The van der Waals surface area contributed by atoms with Crippen LogP contribution in [-0.4, -0.2) is 21.3 Å². The molecular formula is C9H12N2O3. The van der Waals surface area contributed by atoms with E-state index in [-0.39, 0.29) is 11.3 Å². The van der Waals surface area contributed by atoms with Crippen LogP contribution in [0.3, 0.4) is 0 Å². The minimum Gasteiger partial charge on any atom is -0.474 e. The maximum absolute atomic E-state index is 10.5. The van der Waals surface area contributed by atoms with Crippen molar-refractivity contribution in [2.45, 2.75) is 38.0 Å². The third-order valence-corrected chi connectivity index (χ3v) is 2.83. The summed E-state index contributed by atoms with van der Waals surface area (Å²) in [5.74, 6) is -1.01. The molecule has 5 nitrogen and oxygen atoms in total. The standard InChI is InChI=1S/C9H12N2O3/c1-9(4-2-3-5-9)8-11-10-6(14-8)7(12)13/h2-5H2,1H3,(H,12,13). The van der Waals surface area contributed by atoms with Gasteiger partial charge in [-0.2, -0.15) is 0 Å². The largest absolute Gasteiger partial charge is 0.474 e. The Kier molecular flexibility index (Phi) is 2.02. The van der Waals surface area contributed by atoms with Crippen LogP contribution in [0.5, 0.6) is 0 Å². The first-order valence-corrected chi connectivity index (χ1v) is 4.69. The first kappa shape index (κ1) is 9.18. The molecule has 14 heavy (non-hydrogen) atoms. The summed E-state index contributed by atoms with van der Waals surface area (Å²) in [4.78, 5) is 10.5. The predicted molar refractivity (Wildman–Crippen MR) is 47.1 cm³/mol. The third-order valence-electron chi connectivity index (χ3n) is 2.83. The second-order valence-corrected chi connectivity index (χ2v) is 3.99. The monoisotopic (exact) mass is 196 g/mol. The molecule has 1 aliphatic carbocycles. The first-order chi connectivity index (χ1) is 6.62. The van der Waals surface area contributed by atoms with Crippen LogP contribution in [0.4, 0.5) is 0 Å². The molecule has 5 heteroatoms. The van der Waals surface area contributed by atoms with E-state index in [1.807, 2.05) is 6.92 Å². The fourth-order valence-corrected chi connectivity index (χ4v) is 1.92. The number of hydrogen-bond acceptors (Lipinski definition) is 4. The van der Waals surface area contributed by atoms with E-state index in [9.17, 15) is 4.79 Å². The molecule has 1 aromatic rings. The van der Waals surface area contributed by atoms with E-state index in [2.05, 4.69) is 10.2 Å². The van der Waals surface area contributed by atoms with Gasteiger partial charge in [-0.05, 0) is 12.8 Å². The van der Waals surface area contributed by atoms with E-state index >= 15 is 0 Å². The molecular weight excluding hydrogens is 184 g/mol. The number of carboxylic acids is 1. The van der Waals surface area contributed by atoms with Crippen molar-refractivity contribution in [2.75, 3.05) is 0 Å². The molecule has 1 saturated carbocycles. The zero-order valence-electron chi connectivity index (χ0n) is 7.99. The number of aromatic carboxylic acids is 1. The van der Waals surface area contributed by atoms with E-state index in [4.69, 9.17) is 9.52 Å². The Morgan fingerprint density at radius 3 is 2.57 bits per heavy atom. The molecule has 0 radical (unpaired) electrons. The molecule has 1 N–H and O–H groups in total. The molecule has 1 heterocycles. The van der Waals surface area contributed by atoms with Crippen LogP contribution in [0.2, 0.25) is 0 Å². The maximum Gasteiger partial charge on any atom is 0.393 e. The highest BCUT2D eigenvalue weighted by Crippen LogP contribution is 2.39. The van der Waals surface area contributed by atoms with Gasteiger partial charge in [0.1, 0.15) is 0 Å². The zero-order valence-corrected chi connectivity index (χ0v) is 7.99. The highest BCUT2D eigenvalue weighted by atomic mass is 16.4. The number of nitrogens with zero attached hydrogens (tertiary/aromatic N) is 2. The van der Waals surface area contributed by atoms with Crippen LogP contribution in [0, 0.1) is 0 Å². The fourth-order valence-electron chi connectivity index (χ4n) is 1.92. The van der Waals surface area contributed by atoms with Crippen molar-refractivity contribution in [3.05, 3.63) is 11.8 Å². The van der Waals surface area contributed by atoms with E-state index < -0.39 is 5.97 Å². The molecule has 76 valence electrons. The Balaban J connectivity index is 2.28. The average Bonchev–Trinajstić information content (AvgIpc) is 2.71. The minimum atomic E-state index is -1.16. The van der Waals surface area contributed by atoms with Crippen molar-refractivity contribution in [3.63, 3.8) is 0 Å². The lowest BCUT2D eigenvalue weighted by molar-refractivity contribution is 0.0649. The van der Waals surface area contributed by atoms with Crippen LogP contribution in [-0.2, 0) is 5.41 Å². The predicted octanol–water partition coefficient (Wildman–Crippen LogP) is 1.60. The summed E-state index contributed by atoms with van der Waals surface area (Å²) in [6.45, 7) is 2.04. The highest BCUT2D eigenvalue weighted by molar-refractivity contribution is 5.81. The van der Waals surface area contributed by atoms with Gasteiger partial charge in [0, 0.05) is 5.41 Å². The molecule has 1 aromatic heterocycles. The Bertz CT molecular complexity index is 353. The first-order valence-electron chi connectivity index (χ1n) is 4.69. The quantitative estimate of drug-likeness (QED) is 0.777. The van der Waals surface area contributed by atoms with Gasteiger partial charge in [0.15, 0.2) is 0 Å². The summed E-state index contributed by atoms with van der Waals surface area (Å²) in [7, 11) is 0. The second-order valence-electron chi connectivity index (χ2n) is 3.99. The fraction of sp³-hybridized carbons (Fsp3) is 0.667. The van der Waals surface area contributed by atoms with Crippen LogP contribution in [0.25, 0.3) is 0 Å². The van der Waals surface area contributed by atoms with Crippen LogP contribution in [0.1, 0.15) is 49.2 Å². The van der Waals surface area contributed by atoms with Crippen molar-refractivity contribution in [1.82, 2.24) is 10.2 Å². The molecule has 0 bridgehead atoms. The number of rotatable bonds is 2. The summed E-state index contributed by atoms with van der Waals surface area (Å²) < 4.78 is 5.11. The molecule has 0 amide bonds. The van der Waals surface area contributed by atoms with Crippen LogP contribution < -0.4 is 0 Å². The van der Waals surface area contributed by atoms with Crippen LogP contribution >= 0.6 is 0 Å². The number of hydrogen-bond donors (Lipinski definition) is 1. The maximum atomic E-state index is 10.5. The number of aromatic nitrogens is 2. The van der Waals surface area contributed by atoms with Gasteiger partial charge in [-0.15, -0.1) is 10.2 Å². The lowest BCUT2D eigenvalue weighted by Gasteiger charge is -2.17. The van der Waals surface area contributed by atoms with Crippen molar-refractivity contribution in [3.8, 4) is 0 Å². The zero-order chi connectivity index (χ0) is 10.2. The molecule has 0 spiro atoms. The Morgan fingerprint density at radius 2 is 2.07 bits per heavy atom. The summed E-state index contributed by atoms with van der Waals surface area (Å²) in [6, 6.07) is 0. The van der Waals surface area contributed by atoms with E-state index in [1.54, 1.807) is 0 Å². The molecule has 1 fully saturated rings.